The van der Waals surface area contributed by atoms with Crippen LogP contribution < -0.4 is 4.74 Å². The first-order valence-electron chi connectivity index (χ1n) is 6.60. The Morgan fingerprint density at radius 2 is 1.86 bits per heavy atom. The Kier molecular flexibility index (Phi) is 5.06. The monoisotopic (exact) mass is 288 g/mol. The largest absolute Gasteiger partial charge is 0.489 e. The molecule has 0 saturated carbocycles. The molecular formula is C17H17FO3. The number of carbonyl (C=O) groups excluding carboxylic acids is 1. The number of ketones is 1. The van der Waals surface area contributed by atoms with Gasteiger partial charge in [-0.3, -0.25) is 4.79 Å². The molecule has 0 saturated heterocycles. The van der Waals surface area contributed by atoms with Gasteiger partial charge in [-0.1, -0.05) is 12.1 Å². The zero-order valence-electron chi connectivity index (χ0n) is 12.1. The van der Waals surface area contributed by atoms with Gasteiger partial charge in [-0.25, -0.2) is 4.39 Å². The molecule has 0 bridgehead atoms. The Labute approximate surface area is 123 Å². The summed E-state index contributed by atoms with van der Waals surface area (Å²) in [6.07, 6.45) is 0. The molecule has 0 unspecified atom stereocenters. The second kappa shape index (κ2) is 6.99. The topological polar surface area (TPSA) is 35.5 Å². The van der Waals surface area contributed by atoms with Gasteiger partial charge in [0.15, 0.2) is 5.78 Å². The smallest absolute Gasteiger partial charge is 0.188 e. The minimum atomic E-state index is -0.268. The number of aryl methyl sites for hydroxylation is 1. The van der Waals surface area contributed by atoms with E-state index in [1.165, 1.54) is 19.2 Å². The van der Waals surface area contributed by atoms with E-state index in [1.807, 2.05) is 6.92 Å². The fourth-order valence-electron chi connectivity index (χ4n) is 1.94. The molecule has 0 N–H and O–H groups in total. The van der Waals surface area contributed by atoms with Crippen molar-refractivity contribution in [3.8, 4) is 5.75 Å². The number of halogens is 1. The van der Waals surface area contributed by atoms with E-state index in [4.69, 9.17) is 9.47 Å². The van der Waals surface area contributed by atoms with Crippen LogP contribution in [0.3, 0.4) is 0 Å². The maximum atomic E-state index is 12.8. The Bertz CT molecular complexity index is 620. The number of benzene rings is 2. The summed E-state index contributed by atoms with van der Waals surface area (Å²) in [6, 6.07) is 11.4. The average molecular weight is 288 g/mol. The summed E-state index contributed by atoms with van der Waals surface area (Å²) >= 11 is 0. The molecule has 2 rings (SSSR count). The van der Waals surface area contributed by atoms with E-state index in [-0.39, 0.29) is 18.2 Å². The predicted octanol–water partition coefficient (Wildman–Crippen LogP) is 3.54. The van der Waals surface area contributed by atoms with Crippen LogP contribution in [0.15, 0.2) is 42.5 Å². The first-order valence-corrected chi connectivity index (χ1v) is 6.60. The molecule has 0 amide bonds. The lowest BCUT2D eigenvalue weighted by atomic mass is 10.1. The fraction of sp³-hybridized carbons (Fsp3) is 0.235. The number of methoxy groups -OCH3 is 1. The van der Waals surface area contributed by atoms with Crippen molar-refractivity contribution in [1.29, 1.82) is 0 Å². The van der Waals surface area contributed by atoms with Crippen molar-refractivity contribution >= 4 is 5.78 Å². The number of hydrogen-bond acceptors (Lipinski definition) is 3. The molecule has 0 aliphatic heterocycles. The molecule has 0 atom stereocenters. The predicted molar refractivity (Wildman–Crippen MR) is 78.1 cm³/mol. The van der Waals surface area contributed by atoms with Crippen molar-refractivity contribution in [3.63, 3.8) is 0 Å². The van der Waals surface area contributed by atoms with E-state index in [0.717, 1.165) is 11.1 Å². The Morgan fingerprint density at radius 1 is 1.14 bits per heavy atom. The minimum absolute atomic E-state index is 0.0642. The quantitative estimate of drug-likeness (QED) is 0.763. The van der Waals surface area contributed by atoms with Crippen molar-refractivity contribution in [2.45, 2.75) is 13.5 Å². The van der Waals surface area contributed by atoms with Crippen molar-refractivity contribution in [1.82, 2.24) is 0 Å². The van der Waals surface area contributed by atoms with Crippen LogP contribution in [0, 0.1) is 12.7 Å². The van der Waals surface area contributed by atoms with Crippen LogP contribution >= 0.6 is 0 Å². The third-order valence-electron chi connectivity index (χ3n) is 3.08. The normalized spacial score (nSPS) is 10.4. The molecular weight excluding hydrogens is 271 g/mol. The van der Waals surface area contributed by atoms with E-state index in [1.54, 1.807) is 30.3 Å². The van der Waals surface area contributed by atoms with Gasteiger partial charge in [0.25, 0.3) is 0 Å². The third-order valence-corrected chi connectivity index (χ3v) is 3.08. The zero-order valence-corrected chi connectivity index (χ0v) is 12.1. The number of hydrogen-bond donors (Lipinski definition) is 0. The van der Waals surface area contributed by atoms with E-state index < -0.39 is 0 Å². The van der Waals surface area contributed by atoms with Crippen molar-refractivity contribution < 1.29 is 18.7 Å². The van der Waals surface area contributed by atoms with E-state index in [9.17, 15) is 9.18 Å². The highest BCUT2D eigenvalue weighted by atomic mass is 19.1. The number of ether oxygens (including phenoxy) is 2. The van der Waals surface area contributed by atoms with Gasteiger partial charge in [-0.2, -0.15) is 0 Å². The molecule has 0 heterocycles. The molecule has 21 heavy (non-hydrogen) atoms. The Balaban J connectivity index is 2.04. The summed E-state index contributed by atoms with van der Waals surface area (Å²) in [6.45, 7) is 2.30. The molecule has 4 heteroatoms. The second-order valence-electron chi connectivity index (χ2n) is 4.75. The second-order valence-corrected chi connectivity index (χ2v) is 4.75. The maximum absolute atomic E-state index is 12.8. The van der Waals surface area contributed by atoms with Gasteiger partial charge >= 0.3 is 0 Å². The van der Waals surface area contributed by atoms with Crippen LogP contribution in [0.2, 0.25) is 0 Å². The van der Waals surface area contributed by atoms with Gasteiger partial charge in [-0.15, -0.1) is 0 Å². The molecule has 110 valence electrons. The molecule has 0 fully saturated rings. The van der Waals surface area contributed by atoms with Gasteiger partial charge in [0, 0.05) is 12.7 Å². The lowest BCUT2D eigenvalue weighted by molar-refractivity contribution is 0.0848. The summed E-state index contributed by atoms with van der Waals surface area (Å²) in [5.41, 5.74) is 2.36. The zero-order chi connectivity index (χ0) is 15.2. The van der Waals surface area contributed by atoms with Crippen LogP contribution in [0.4, 0.5) is 4.39 Å². The summed E-state index contributed by atoms with van der Waals surface area (Å²) in [4.78, 5) is 11.7. The number of rotatable bonds is 6. The maximum Gasteiger partial charge on any atom is 0.188 e. The highest BCUT2D eigenvalue weighted by molar-refractivity contribution is 5.97. The SMILES string of the molecule is COCC(=O)c1ccc(OCc2ccc(F)cc2)c(C)c1. The summed E-state index contributed by atoms with van der Waals surface area (Å²) in [5.74, 6) is 0.370. The lowest BCUT2D eigenvalue weighted by Crippen LogP contribution is -2.07. The fourth-order valence-corrected chi connectivity index (χ4v) is 1.94. The van der Waals surface area contributed by atoms with Crippen LogP contribution in [-0.4, -0.2) is 19.5 Å². The first-order chi connectivity index (χ1) is 10.1. The lowest BCUT2D eigenvalue weighted by Gasteiger charge is -2.10. The number of Topliss-reactive ketones (excluding diaryl/α,β-unsaturated/α-hetero) is 1. The van der Waals surface area contributed by atoms with Gasteiger partial charge < -0.3 is 9.47 Å². The third kappa shape index (κ3) is 4.13. The summed E-state index contributed by atoms with van der Waals surface area (Å²) in [7, 11) is 1.49. The average Bonchev–Trinajstić information content (AvgIpc) is 2.48. The molecule has 3 nitrogen and oxygen atoms in total. The van der Waals surface area contributed by atoms with E-state index in [2.05, 4.69) is 0 Å². The molecule has 0 radical (unpaired) electrons. The van der Waals surface area contributed by atoms with Crippen LogP contribution in [0.1, 0.15) is 21.5 Å². The van der Waals surface area contributed by atoms with Crippen molar-refractivity contribution in [2.24, 2.45) is 0 Å². The highest BCUT2D eigenvalue weighted by Crippen LogP contribution is 2.21. The van der Waals surface area contributed by atoms with Crippen LogP contribution in [-0.2, 0) is 11.3 Å². The molecule has 2 aromatic carbocycles. The van der Waals surface area contributed by atoms with E-state index in [0.29, 0.717) is 17.9 Å². The molecule has 0 aliphatic rings. The standard InChI is InChI=1S/C17H17FO3/c1-12-9-14(16(19)11-20-2)5-8-17(12)21-10-13-3-6-15(18)7-4-13/h3-9H,10-11H2,1-2H3. The van der Waals surface area contributed by atoms with Gasteiger partial charge in [0.2, 0.25) is 0 Å². The van der Waals surface area contributed by atoms with Crippen molar-refractivity contribution in [2.75, 3.05) is 13.7 Å². The van der Waals surface area contributed by atoms with Crippen LogP contribution in [0.25, 0.3) is 0 Å². The molecule has 0 aromatic heterocycles. The number of carbonyl (C=O) groups is 1. The van der Waals surface area contributed by atoms with Gasteiger partial charge in [-0.05, 0) is 48.4 Å². The van der Waals surface area contributed by atoms with Gasteiger partial charge in [0.1, 0.15) is 24.8 Å². The minimum Gasteiger partial charge on any atom is -0.489 e. The molecule has 2 aromatic rings. The van der Waals surface area contributed by atoms with Crippen LogP contribution in [0.5, 0.6) is 5.75 Å². The summed E-state index contributed by atoms with van der Waals surface area (Å²) < 4.78 is 23.3. The van der Waals surface area contributed by atoms with E-state index >= 15 is 0 Å². The van der Waals surface area contributed by atoms with Gasteiger partial charge in [0.05, 0.1) is 0 Å². The molecule has 0 spiro atoms. The Hall–Kier alpha value is -2.20. The highest BCUT2D eigenvalue weighted by Gasteiger charge is 2.08. The summed E-state index contributed by atoms with van der Waals surface area (Å²) in [5, 5.41) is 0. The molecule has 0 aliphatic carbocycles. The first kappa shape index (κ1) is 15.2. The van der Waals surface area contributed by atoms with Crippen molar-refractivity contribution in [3.05, 3.63) is 65.0 Å². The Morgan fingerprint density at radius 3 is 2.48 bits per heavy atom.